The molecule has 0 saturated carbocycles. The third-order valence-electron chi connectivity index (χ3n) is 4.42. The molecule has 1 aliphatic rings. The fourth-order valence-corrected chi connectivity index (χ4v) is 3.18. The van der Waals surface area contributed by atoms with Crippen molar-refractivity contribution in [2.45, 2.75) is 20.4 Å². The van der Waals surface area contributed by atoms with E-state index in [9.17, 15) is 4.79 Å². The molecule has 2 aromatic carbocycles. The predicted octanol–water partition coefficient (Wildman–Crippen LogP) is 3.86. The lowest BCUT2D eigenvalue weighted by Gasteiger charge is -2.31. The normalized spacial score (nSPS) is 13.4. The molecule has 0 fully saturated rings. The number of fused-ring (bicyclic) bond motifs is 3. The van der Waals surface area contributed by atoms with Crippen molar-refractivity contribution in [3.8, 4) is 11.5 Å². The molecule has 0 aliphatic carbocycles. The monoisotopic (exact) mass is 337 g/mol. The minimum Gasteiger partial charge on any atom is -0.494 e. The minimum absolute atomic E-state index is 0.336. The summed E-state index contributed by atoms with van der Waals surface area (Å²) in [6.07, 6.45) is 0. The maximum atomic E-state index is 11.8. The van der Waals surface area contributed by atoms with Gasteiger partial charge in [0.25, 0.3) is 0 Å². The van der Waals surface area contributed by atoms with Crippen LogP contribution in [0.4, 0.5) is 5.69 Å². The Morgan fingerprint density at radius 2 is 1.96 bits per heavy atom. The first-order chi connectivity index (χ1) is 12.2. The van der Waals surface area contributed by atoms with Crippen molar-refractivity contribution >= 4 is 16.7 Å². The predicted molar refractivity (Wildman–Crippen MR) is 96.5 cm³/mol. The summed E-state index contributed by atoms with van der Waals surface area (Å²) < 4.78 is 16.9. The Balaban J connectivity index is 1.72. The number of aryl methyl sites for hydroxylation is 1. The molecule has 5 nitrogen and oxygen atoms in total. The highest BCUT2D eigenvalue weighted by Crippen LogP contribution is 2.34. The second-order valence-corrected chi connectivity index (χ2v) is 6.07. The zero-order chi connectivity index (χ0) is 17.4. The second kappa shape index (κ2) is 6.16. The molecule has 0 amide bonds. The number of hydrogen-bond donors (Lipinski definition) is 0. The molecule has 1 aromatic heterocycles. The van der Waals surface area contributed by atoms with Crippen molar-refractivity contribution in [1.29, 1.82) is 0 Å². The SMILES string of the molecule is CCOc1ccc(N2COc3ccc4c(C)cc(=O)oc4c3C2)cc1. The van der Waals surface area contributed by atoms with Crippen molar-refractivity contribution in [3.05, 3.63) is 64.0 Å². The molecule has 5 heteroatoms. The van der Waals surface area contributed by atoms with Crippen molar-refractivity contribution < 1.29 is 13.9 Å². The summed E-state index contributed by atoms with van der Waals surface area (Å²) in [5.74, 6) is 1.61. The van der Waals surface area contributed by atoms with Crippen LogP contribution in [0, 0.1) is 6.92 Å². The topological polar surface area (TPSA) is 51.9 Å². The van der Waals surface area contributed by atoms with Gasteiger partial charge in [0.2, 0.25) is 0 Å². The maximum Gasteiger partial charge on any atom is 0.336 e. The number of anilines is 1. The summed E-state index contributed by atoms with van der Waals surface area (Å²) in [5, 5.41) is 0.940. The Morgan fingerprint density at radius 1 is 1.16 bits per heavy atom. The average Bonchev–Trinajstić information content (AvgIpc) is 2.62. The van der Waals surface area contributed by atoms with E-state index in [4.69, 9.17) is 13.9 Å². The van der Waals surface area contributed by atoms with Crippen LogP contribution in [0.5, 0.6) is 11.5 Å². The molecular weight excluding hydrogens is 318 g/mol. The zero-order valence-electron chi connectivity index (χ0n) is 14.2. The largest absolute Gasteiger partial charge is 0.494 e. The van der Waals surface area contributed by atoms with E-state index in [0.29, 0.717) is 25.5 Å². The van der Waals surface area contributed by atoms with Gasteiger partial charge in [-0.05, 0) is 55.8 Å². The molecule has 0 atom stereocenters. The van der Waals surface area contributed by atoms with Crippen molar-refractivity contribution in [1.82, 2.24) is 0 Å². The summed E-state index contributed by atoms with van der Waals surface area (Å²) in [7, 11) is 0. The molecule has 0 saturated heterocycles. The van der Waals surface area contributed by atoms with E-state index in [0.717, 1.165) is 33.7 Å². The first kappa shape index (κ1) is 15.6. The summed E-state index contributed by atoms with van der Waals surface area (Å²) in [6, 6.07) is 13.3. The van der Waals surface area contributed by atoms with Crippen molar-refractivity contribution in [3.63, 3.8) is 0 Å². The van der Waals surface area contributed by atoms with Crippen LogP contribution in [0.15, 0.2) is 51.7 Å². The number of rotatable bonds is 3. The van der Waals surface area contributed by atoms with Gasteiger partial charge in [0.15, 0.2) is 6.73 Å². The van der Waals surface area contributed by atoms with Gasteiger partial charge in [-0.15, -0.1) is 0 Å². The van der Waals surface area contributed by atoms with E-state index in [2.05, 4.69) is 4.90 Å². The Bertz CT molecular complexity index is 975. The van der Waals surface area contributed by atoms with Gasteiger partial charge in [-0.2, -0.15) is 0 Å². The summed E-state index contributed by atoms with van der Waals surface area (Å²) in [4.78, 5) is 13.9. The third-order valence-corrected chi connectivity index (χ3v) is 4.42. The van der Waals surface area contributed by atoms with Crippen LogP contribution < -0.4 is 20.0 Å². The lowest BCUT2D eigenvalue weighted by atomic mass is 10.0. The second-order valence-electron chi connectivity index (χ2n) is 6.07. The van der Waals surface area contributed by atoms with Crippen molar-refractivity contribution in [2.24, 2.45) is 0 Å². The van der Waals surface area contributed by atoms with E-state index in [1.807, 2.05) is 50.2 Å². The highest BCUT2D eigenvalue weighted by molar-refractivity contribution is 5.85. The van der Waals surface area contributed by atoms with E-state index >= 15 is 0 Å². The molecule has 0 bridgehead atoms. The fourth-order valence-electron chi connectivity index (χ4n) is 3.18. The summed E-state index contributed by atoms with van der Waals surface area (Å²) >= 11 is 0. The van der Waals surface area contributed by atoms with Gasteiger partial charge in [0, 0.05) is 17.1 Å². The smallest absolute Gasteiger partial charge is 0.336 e. The molecule has 3 aromatic rings. The summed E-state index contributed by atoms with van der Waals surface area (Å²) in [6.45, 7) is 5.59. The first-order valence-corrected chi connectivity index (χ1v) is 8.32. The number of benzene rings is 2. The molecule has 1 aliphatic heterocycles. The van der Waals surface area contributed by atoms with Gasteiger partial charge in [-0.25, -0.2) is 4.79 Å². The van der Waals surface area contributed by atoms with Crippen LogP contribution in [-0.4, -0.2) is 13.3 Å². The van der Waals surface area contributed by atoms with Crippen molar-refractivity contribution in [2.75, 3.05) is 18.2 Å². The molecule has 0 spiro atoms. The third kappa shape index (κ3) is 2.82. The van der Waals surface area contributed by atoms with Gasteiger partial charge in [0.1, 0.15) is 17.1 Å². The van der Waals surface area contributed by atoms with Crippen LogP contribution >= 0.6 is 0 Å². The molecule has 4 rings (SSSR count). The van der Waals surface area contributed by atoms with Gasteiger partial charge in [-0.3, -0.25) is 0 Å². The van der Waals surface area contributed by atoms with Gasteiger partial charge < -0.3 is 18.8 Å². The molecule has 2 heterocycles. The lowest BCUT2D eigenvalue weighted by molar-refractivity contribution is 0.289. The highest BCUT2D eigenvalue weighted by Gasteiger charge is 2.22. The van der Waals surface area contributed by atoms with Gasteiger partial charge in [-0.1, -0.05) is 0 Å². The van der Waals surface area contributed by atoms with Gasteiger partial charge >= 0.3 is 5.63 Å². The fraction of sp³-hybridized carbons (Fsp3) is 0.250. The highest BCUT2D eigenvalue weighted by atomic mass is 16.5. The van der Waals surface area contributed by atoms with E-state index in [1.54, 1.807) is 0 Å². The Labute approximate surface area is 145 Å². The molecule has 0 N–H and O–H groups in total. The van der Waals surface area contributed by atoms with E-state index < -0.39 is 0 Å². The van der Waals surface area contributed by atoms with Crippen LogP contribution in [-0.2, 0) is 6.54 Å². The van der Waals surface area contributed by atoms with Crippen LogP contribution in [0.3, 0.4) is 0 Å². The van der Waals surface area contributed by atoms with E-state index in [-0.39, 0.29) is 5.63 Å². The molecule has 0 unspecified atom stereocenters. The number of nitrogens with zero attached hydrogens (tertiary/aromatic N) is 1. The summed E-state index contributed by atoms with van der Waals surface area (Å²) in [5.41, 5.74) is 3.11. The molecular formula is C20H19NO4. The molecule has 25 heavy (non-hydrogen) atoms. The zero-order valence-corrected chi connectivity index (χ0v) is 14.2. The number of hydrogen-bond acceptors (Lipinski definition) is 5. The Hall–Kier alpha value is -2.95. The van der Waals surface area contributed by atoms with Crippen LogP contribution in [0.25, 0.3) is 11.0 Å². The minimum atomic E-state index is -0.336. The number of ether oxygens (including phenoxy) is 2. The van der Waals surface area contributed by atoms with E-state index in [1.165, 1.54) is 6.07 Å². The molecule has 0 radical (unpaired) electrons. The van der Waals surface area contributed by atoms with Gasteiger partial charge in [0.05, 0.1) is 18.7 Å². The Morgan fingerprint density at radius 3 is 2.72 bits per heavy atom. The Kier molecular flexibility index (Phi) is 3.84. The molecule has 128 valence electrons. The first-order valence-electron chi connectivity index (χ1n) is 8.32. The standard InChI is InChI=1S/C20H19NO4/c1-3-23-15-6-4-14(5-7-15)21-11-17-18(24-12-21)9-8-16-13(2)10-19(22)25-20(16)17/h4-10H,3,11-12H2,1-2H3. The van der Waals surface area contributed by atoms with Crippen LogP contribution in [0.2, 0.25) is 0 Å². The maximum absolute atomic E-state index is 11.8. The quantitative estimate of drug-likeness (QED) is 0.679. The average molecular weight is 337 g/mol. The lowest BCUT2D eigenvalue weighted by Crippen LogP contribution is -2.32. The van der Waals surface area contributed by atoms with Crippen LogP contribution in [0.1, 0.15) is 18.1 Å².